The maximum absolute atomic E-state index is 4.93. The van der Waals surface area contributed by atoms with Gasteiger partial charge in [-0.25, -0.2) is 4.68 Å². The molecule has 1 saturated heterocycles. The summed E-state index contributed by atoms with van der Waals surface area (Å²) in [5.41, 5.74) is 3.25. The molecule has 0 atom stereocenters. The van der Waals surface area contributed by atoms with Gasteiger partial charge in [0.15, 0.2) is 5.96 Å². The Morgan fingerprint density at radius 3 is 2.70 bits per heavy atom. The third-order valence-electron chi connectivity index (χ3n) is 5.20. The molecule has 1 aliphatic heterocycles. The number of para-hydroxylation sites is 1. The van der Waals surface area contributed by atoms with E-state index in [1.807, 2.05) is 35.1 Å². The van der Waals surface area contributed by atoms with Crippen LogP contribution in [0.25, 0.3) is 5.69 Å². The lowest BCUT2D eigenvalue weighted by Gasteiger charge is -2.36. The zero-order valence-corrected chi connectivity index (χ0v) is 17.4. The monoisotopic (exact) mass is 407 g/mol. The number of benzene rings is 1. The molecule has 0 saturated carbocycles. The first-order chi connectivity index (χ1) is 14.8. The van der Waals surface area contributed by atoms with Gasteiger partial charge in [0.25, 0.3) is 0 Å². The molecule has 0 amide bonds. The van der Waals surface area contributed by atoms with Crippen LogP contribution < -0.4 is 5.32 Å². The SMILES string of the molecule is CCNC(=NCCc1cnn(-c2ccccc2)c1)N1CCN(Cc2ccon2)CC1. The van der Waals surface area contributed by atoms with E-state index in [1.165, 1.54) is 5.56 Å². The number of guanidine groups is 1. The largest absolute Gasteiger partial charge is 0.364 e. The molecule has 0 spiro atoms. The fraction of sp³-hybridized carbons (Fsp3) is 0.409. The van der Waals surface area contributed by atoms with Gasteiger partial charge >= 0.3 is 0 Å². The fourth-order valence-electron chi connectivity index (χ4n) is 3.59. The van der Waals surface area contributed by atoms with Gasteiger partial charge in [-0.3, -0.25) is 9.89 Å². The molecule has 30 heavy (non-hydrogen) atoms. The van der Waals surface area contributed by atoms with Crippen LogP contribution in [0.1, 0.15) is 18.2 Å². The second kappa shape index (κ2) is 10.1. The highest BCUT2D eigenvalue weighted by Crippen LogP contribution is 2.09. The molecule has 1 aromatic carbocycles. The zero-order valence-electron chi connectivity index (χ0n) is 17.4. The van der Waals surface area contributed by atoms with Crippen LogP contribution in [0.4, 0.5) is 0 Å². The van der Waals surface area contributed by atoms with Crippen molar-refractivity contribution in [1.82, 2.24) is 30.1 Å². The van der Waals surface area contributed by atoms with Gasteiger partial charge in [0.05, 0.1) is 17.6 Å². The zero-order chi connectivity index (χ0) is 20.6. The number of piperazine rings is 1. The molecule has 4 rings (SSSR count). The molecule has 1 aliphatic rings. The Morgan fingerprint density at radius 2 is 1.97 bits per heavy atom. The van der Waals surface area contributed by atoms with Crippen LogP contribution in [-0.4, -0.2) is 70.0 Å². The summed E-state index contributed by atoms with van der Waals surface area (Å²) in [6.07, 6.45) is 6.51. The molecule has 1 N–H and O–H groups in total. The van der Waals surface area contributed by atoms with Crippen LogP contribution in [0.3, 0.4) is 0 Å². The van der Waals surface area contributed by atoms with E-state index in [2.05, 4.69) is 50.6 Å². The highest BCUT2D eigenvalue weighted by molar-refractivity contribution is 5.80. The van der Waals surface area contributed by atoms with Gasteiger partial charge in [0.2, 0.25) is 0 Å². The minimum absolute atomic E-state index is 0.738. The number of hydrogen-bond donors (Lipinski definition) is 1. The smallest absolute Gasteiger partial charge is 0.194 e. The maximum Gasteiger partial charge on any atom is 0.194 e. The second-order valence-corrected chi connectivity index (χ2v) is 7.37. The van der Waals surface area contributed by atoms with Crippen molar-refractivity contribution in [2.75, 3.05) is 39.3 Å². The van der Waals surface area contributed by atoms with Crippen molar-refractivity contribution in [3.63, 3.8) is 0 Å². The molecule has 158 valence electrons. The lowest BCUT2D eigenvalue weighted by Crippen LogP contribution is -2.52. The van der Waals surface area contributed by atoms with E-state index in [-0.39, 0.29) is 0 Å². The third-order valence-corrected chi connectivity index (χ3v) is 5.20. The fourth-order valence-corrected chi connectivity index (χ4v) is 3.59. The summed E-state index contributed by atoms with van der Waals surface area (Å²) >= 11 is 0. The summed E-state index contributed by atoms with van der Waals surface area (Å²) in [7, 11) is 0. The van der Waals surface area contributed by atoms with Gasteiger partial charge in [-0.05, 0) is 31.0 Å². The Morgan fingerprint density at radius 1 is 1.13 bits per heavy atom. The van der Waals surface area contributed by atoms with Crippen LogP contribution in [0.5, 0.6) is 0 Å². The molecule has 3 heterocycles. The quantitative estimate of drug-likeness (QED) is 0.478. The molecule has 0 aliphatic carbocycles. The van der Waals surface area contributed by atoms with Crippen molar-refractivity contribution < 1.29 is 4.52 Å². The Balaban J connectivity index is 1.29. The van der Waals surface area contributed by atoms with Crippen LogP contribution in [0.15, 0.2) is 64.6 Å². The first kappa shape index (κ1) is 20.2. The first-order valence-corrected chi connectivity index (χ1v) is 10.6. The number of nitrogens with zero attached hydrogens (tertiary/aromatic N) is 6. The molecule has 0 radical (unpaired) electrons. The van der Waals surface area contributed by atoms with Gasteiger partial charge < -0.3 is 14.7 Å². The van der Waals surface area contributed by atoms with E-state index in [4.69, 9.17) is 9.52 Å². The van der Waals surface area contributed by atoms with Crippen LogP contribution >= 0.6 is 0 Å². The van der Waals surface area contributed by atoms with E-state index < -0.39 is 0 Å². The third kappa shape index (κ3) is 5.27. The minimum atomic E-state index is 0.738. The second-order valence-electron chi connectivity index (χ2n) is 7.37. The summed E-state index contributed by atoms with van der Waals surface area (Å²) in [5.74, 6) is 0.994. The van der Waals surface area contributed by atoms with Crippen LogP contribution in [0.2, 0.25) is 0 Å². The molecule has 0 bridgehead atoms. The van der Waals surface area contributed by atoms with Gasteiger partial charge in [0, 0.05) is 58.1 Å². The summed E-state index contributed by atoms with van der Waals surface area (Å²) in [4.78, 5) is 9.61. The van der Waals surface area contributed by atoms with E-state index >= 15 is 0 Å². The van der Waals surface area contributed by atoms with Gasteiger partial charge in [0.1, 0.15) is 6.26 Å². The van der Waals surface area contributed by atoms with Crippen molar-refractivity contribution in [1.29, 1.82) is 0 Å². The normalized spacial score (nSPS) is 15.5. The van der Waals surface area contributed by atoms with Gasteiger partial charge in [-0.2, -0.15) is 5.10 Å². The van der Waals surface area contributed by atoms with Crippen molar-refractivity contribution in [2.24, 2.45) is 4.99 Å². The number of aliphatic imine (C=N–C) groups is 1. The summed E-state index contributed by atoms with van der Waals surface area (Å²) in [6, 6.07) is 12.1. The van der Waals surface area contributed by atoms with E-state index in [1.54, 1.807) is 6.26 Å². The van der Waals surface area contributed by atoms with Crippen molar-refractivity contribution in [3.05, 3.63) is 66.3 Å². The highest BCUT2D eigenvalue weighted by atomic mass is 16.5. The van der Waals surface area contributed by atoms with E-state index in [0.717, 1.165) is 69.6 Å². The average molecular weight is 408 g/mol. The lowest BCUT2D eigenvalue weighted by molar-refractivity contribution is 0.169. The Kier molecular flexibility index (Phi) is 6.76. The topological polar surface area (TPSA) is 74.7 Å². The predicted octanol–water partition coefficient (Wildman–Crippen LogP) is 2.19. The van der Waals surface area contributed by atoms with Crippen molar-refractivity contribution in [3.8, 4) is 5.69 Å². The van der Waals surface area contributed by atoms with Crippen LogP contribution in [0, 0.1) is 0 Å². The molecule has 0 unspecified atom stereocenters. The number of aromatic nitrogens is 3. The number of nitrogens with one attached hydrogen (secondary N) is 1. The van der Waals surface area contributed by atoms with Gasteiger partial charge in [-0.1, -0.05) is 23.4 Å². The summed E-state index contributed by atoms with van der Waals surface area (Å²) < 4.78 is 6.85. The average Bonchev–Trinajstić information content (AvgIpc) is 3.47. The molecule has 3 aromatic rings. The molecule has 1 fully saturated rings. The minimum Gasteiger partial charge on any atom is -0.364 e. The summed E-state index contributed by atoms with van der Waals surface area (Å²) in [5, 5.41) is 11.9. The van der Waals surface area contributed by atoms with Crippen LogP contribution in [-0.2, 0) is 13.0 Å². The highest BCUT2D eigenvalue weighted by Gasteiger charge is 2.20. The first-order valence-electron chi connectivity index (χ1n) is 10.6. The van der Waals surface area contributed by atoms with E-state index in [9.17, 15) is 0 Å². The molecule has 8 heteroatoms. The molecular formula is C22H29N7O. The number of hydrogen-bond acceptors (Lipinski definition) is 5. The van der Waals surface area contributed by atoms with E-state index in [0.29, 0.717) is 0 Å². The van der Waals surface area contributed by atoms with Gasteiger partial charge in [-0.15, -0.1) is 0 Å². The standard InChI is InChI=1S/C22H29N7O/c1-2-23-22(28-13-11-27(12-14-28)18-20-9-15-30-26-20)24-10-8-19-16-25-29(17-19)21-6-4-3-5-7-21/h3-7,9,15-17H,2,8,10-14,18H2,1H3,(H,23,24). The molecular weight excluding hydrogens is 378 g/mol. The molecule has 8 nitrogen and oxygen atoms in total. The van der Waals surface area contributed by atoms with Crippen molar-refractivity contribution >= 4 is 5.96 Å². The number of rotatable bonds is 7. The van der Waals surface area contributed by atoms with Crippen molar-refractivity contribution in [2.45, 2.75) is 19.9 Å². The predicted molar refractivity (Wildman–Crippen MR) is 117 cm³/mol. The Bertz CT molecular complexity index is 912. The summed E-state index contributed by atoms with van der Waals surface area (Å²) in [6.45, 7) is 8.43. The lowest BCUT2D eigenvalue weighted by atomic mass is 10.2. The maximum atomic E-state index is 4.93. The molecule has 2 aromatic heterocycles. The Hall–Kier alpha value is -3.13. The Labute approximate surface area is 177 Å².